The van der Waals surface area contributed by atoms with E-state index in [2.05, 4.69) is 49.8 Å². The molecule has 21 heavy (non-hydrogen) atoms. The van der Waals surface area contributed by atoms with Crippen LogP contribution in [0.25, 0.3) is 0 Å². The van der Waals surface area contributed by atoms with Gasteiger partial charge in [-0.2, -0.15) is 0 Å². The Hall–Kier alpha value is -1.19. The smallest absolute Gasteiger partial charge is 0.176 e. The Bertz CT molecular complexity index is 467. The summed E-state index contributed by atoms with van der Waals surface area (Å²) in [5.74, 6) is 0.752. The summed E-state index contributed by atoms with van der Waals surface area (Å²) < 4.78 is 0. The molecule has 3 nitrogen and oxygen atoms in total. The molecule has 0 aromatic heterocycles. The summed E-state index contributed by atoms with van der Waals surface area (Å²) in [6.07, 6.45) is 1.14. The van der Waals surface area contributed by atoms with Crippen LogP contribution in [-0.4, -0.2) is 54.9 Å². The lowest BCUT2D eigenvalue weighted by Gasteiger charge is -2.38. The van der Waals surface area contributed by atoms with Crippen LogP contribution in [0.3, 0.4) is 0 Å². The van der Waals surface area contributed by atoms with E-state index in [9.17, 15) is 4.79 Å². The number of Topliss-reactive ketones (excluding diaryl/α,β-unsaturated/α-hetero) is 1. The second-order valence-corrected chi connectivity index (χ2v) is 6.48. The molecule has 0 amide bonds. The molecule has 1 aromatic carbocycles. The van der Waals surface area contributed by atoms with Gasteiger partial charge >= 0.3 is 0 Å². The summed E-state index contributed by atoms with van der Waals surface area (Å²) in [5, 5.41) is 0. The molecule has 0 bridgehead atoms. The molecule has 0 spiro atoms. The van der Waals surface area contributed by atoms with Gasteiger partial charge in [-0.1, -0.05) is 45.0 Å². The highest BCUT2D eigenvalue weighted by Crippen LogP contribution is 2.16. The topological polar surface area (TPSA) is 23.6 Å². The van der Waals surface area contributed by atoms with Gasteiger partial charge in [0.25, 0.3) is 0 Å². The third-order valence-corrected chi connectivity index (χ3v) is 4.60. The Morgan fingerprint density at radius 1 is 1.24 bits per heavy atom. The van der Waals surface area contributed by atoms with Gasteiger partial charge in [-0.3, -0.25) is 9.69 Å². The molecule has 2 rings (SSSR count). The minimum Gasteiger partial charge on any atom is -0.301 e. The number of piperazine rings is 1. The zero-order valence-electron chi connectivity index (χ0n) is 13.8. The number of nitrogens with zero attached hydrogens (tertiary/aromatic N) is 2. The first-order valence-electron chi connectivity index (χ1n) is 8.07. The minimum atomic E-state index is 0.240. The van der Waals surface area contributed by atoms with E-state index in [4.69, 9.17) is 0 Å². The van der Waals surface area contributed by atoms with Crippen LogP contribution in [0.2, 0.25) is 0 Å². The molecule has 1 aliphatic heterocycles. The molecule has 0 N–H and O–H groups in total. The van der Waals surface area contributed by atoms with Crippen molar-refractivity contribution in [1.29, 1.82) is 0 Å². The van der Waals surface area contributed by atoms with E-state index < -0.39 is 0 Å². The van der Waals surface area contributed by atoms with Crippen LogP contribution >= 0.6 is 0 Å². The van der Waals surface area contributed by atoms with Gasteiger partial charge in [0, 0.05) is 31.2 Å². The van der Waals surface area contributed by atoms with E-state index >= 15 is 0 Å². The van der Waals surface area contributed by atoms with Crippen LogP contribution in [0.4, 0.5) is 0 Å². The number of hydrogen-bond donors (Lipinski definition) is 0. The van der Waals surface area contributed by atoms with Gasteiger partial charge in [-0.15, -0.1) is 0 Å². The summed E-state index contributed by atoms with van der Waals surface area (Å²) in [4.78, 5) is 17.1. The first-order chi connectivity index (χ1) is 10.0. The molecule has 0 aliphatic carbocycles. The van der Waals surface area contributed by atoms with Crippen molar-refractivity contribution in [2.24, 2.45) is 0 Å². The van der Waals surface area contributed by atoms with E-state index in [0.29, 0.717) is 18.5 Å². The Morgan fingerprint density at radius 3 is 2.48 bits per heavy atom. The molecule has 0 radical (unpaired) electrons. The number of benzene rings is 1. The van der Waals surface area contributed by atoms with Crippen molar-refractivity contribution < 1.29 is 4.79 Å². The van der Waals surface area contributed by atoms with Gasteiger partial charge in [0.2, 0.25) is 0 Å². The maximum Gasteiger partial charge on any atom is 0.176 e. The van der Waals surface area contributed by atoms with Crippen molar-refractivity contribution in [2.75, 3.05) is 33.2 Å². The second kappa shape index (κ2) is 7.19. The zero-order chi connectivity index (χ0) is 15.4. The first kappa shape index (κ1) is 16.2. The maximum atomic E-state index is 12.4. The normalized spacial score (nSPS) is 20.9. The van der Waals surface area contributed by atoms with Gasteiger partial charge in [0.15, 0.2) is 5.78 Å². The molecule has 1 aliphatic rings. The number of rotatable bonds is 5. The molecule has 3 heteroatoms. The average Bonchev–Trinajstić information content (AvgIpc) is 2.49. The van der Waals surface area contributed by atoms with Crippen molar-refractivity contribution in [1.82, 2.24) is 9.80 Å². The van der Waals surface area contributed by atoms with Gasteiger partial charge in [0.05, 0.1) is 6.54 Å². The Kier molecular flexibility index (Phi) is 5.54. The van der Waals surface area contributed by atoms with E-state index in [0.717, 1.165) is 31.6 Å². The van der Waals surface area contributed by atoms with Crippen molar-refractivity contribution >= 4 is 5.78 Å². The number of ketones is 1. The van der Waals surface area contributed by atoms with E-state index in [1.54, 1.807) is 0 Å². The monoisotopic (exact) mass is 288 g/mol. The number of likely N-dealkylation sites (N-methyl/N-ethyl adjacent to an activating group) is 1. The zero-order valence-corrected chi connectivity index (χ0v) is 13.8. The van der Waals surface area contributed by atoms with Crippen LogP contribution in [0.15, 0.2) is 24.3 Å². The highest BCUT2D eigenvalue weighted by atomic mass is 16.1. The fraction of sp³-hybridized carbons (Fsp3) is 0.611. The fourth-order valence-corrected chi connectivity index (χ4v) is 2.94. The Morgan fingerprint density at radius 2 is 1.90 bits per heavy atom. The molecule has 1 unspecified atom stereocenters. The molecule has 1 aromatic rings. The number of hydrogen-bond acceptors (Lipinski definition) is 3. The third kappa shape index (κ3) is 4.14. The van der Waals surface area contributed by atoms with Gasteiger partial charge in [-0.25, -0.2) is 0 Å². The second-order valence-electron chi connectivity index (χ2n) is 6.48. The van der Waals surface area contributed by atoms with Crippen molar-refractivity contribution in [3.63, 3.8) is 0 Å². The minimum absolute atomic E-state index is 0.240. The van der Waals surface area contributed by atoms with Crippen LogP contribution < -0.4 is 0 Å². The van der Waals surface area contributed by atoms with Crippen molar-refractivity contribution in [3.05, 3.63) is 35.4 Å². The largest absolute Gasteiger partial charge is 0.301 e. The van der Waals surface area contributed by atoms with Crippen molar-refractivity contribution in [3.8, 4) is 0 Å². The predicted molar refractivity (Wildman–Crippen MR) is 88.0 cm³/mol. The molecule has 1 atom stereocenters. The summed E-state index contributed by atoms with van der Waals surface area (Å²) in [6.45, 7) is 10.2. The molecule has 0 saturated carbocycles. The first-order valence-corrected chi connectivity index (χ1v) is 8.07. The Labute approximate surface area is 128 Å². The van der Waals surface area contributed by atoms with Gasteiger partial charge < -0.3 is 4.90 Å². The van der Waals surface area contributed by atoms with Crippen LogP contribution in [0.5, 0.6) is 0 Å². The molecular formula is C18H28N2O. The molecular weight excluding hydrogens is 260 g/mol. The average molecular weight is 288 g/mol. The molecule has 1 saturated heterocycles. The lowest BCUT2D eigenvalue weighted by Crippen LogP contribution is -2.52. The van der Waals surface area contributed by atoms with E-state index in [1.165, 1.54) is 5.56 Å². The van der Waals surface area contributed by atoms with Crippen molar-refractivity contribution in [2.45, 2.75) is 39.2 Å². The highest BCUT2D eigenvalue weighted by Gasteiger charge is 2.24. The lowest BCUT2D eigenvalue weighted by atomic mass is 10.00. The standard InChI is InChI=1S/C18H28N2O/c1-5-17-12-20(11-10-19(17)4)13-18(21)16-8-6-15(7-9-16)14(2)3/h6-9,14,17H,5,10-13H2,1-4H3. The highest BCUT2D eigenvalue weighted by molar-refractivity contribution is 5.97. The fourth-order valence-electron chi connectivity index (χ4n) is 2.94. The SMILES string of the molecule is CCC1CN(CC(=O)c2ccc(C(C)C)cc2)CCN1C. The van der Waals surface area contributed by atoms with Crippen LogP contribution in [-0.2, 0) is 0 Å². The molecule has 1 heterocycles. The van der Waals surface area contributed by atoms with Crippen LogP contribution in [0.1, 0.15) is 49.0 Å². The molecule has 116 valence electrons. The number of carbonyl (C=O) groups is 1. The lowest BCUT2D eigenvalue weighted by molar-refractivity contribution is 0.0743. The van der Waals surface area contributed by atoms with Gasteiger partial charge in [-0.05, 0) is 24.9 Å². The van der Waals surface area contributed by atoms with Gasteiger partial charge in [0.1, 0.15) is 0 Å². The quantitative estimate of drug-likeness (QED) is 0.778. The Balaban J connectivity index is 1.95. The summed E-state index contributed by atoms with van der Waals surface area (Å²) in [5.41, 5.74) is 2.13. The summed E-state index contributed by atoms with van der Waals surface area (Å²) in [7, 11) is 2.18. The predicted octanol–water partition coefficient (Wildman–Crippen LogP) is 3.02. The third-order valence-electron chi connectivity index (χ3n) is 4.60. The van der Waals surface area contributed by atoms with Crippen LogP contribution in [0, 0.1) is 0 Å². The summed E-state index contributed by atoms with van der Waals surface area (Å²) in [6, 6.07) is 8.69. The molecule has 1 fully saturated rings. The van der Waals surface area contributed by atoms with E-state index in [1.807, 2.05) is 12.1 Å². The van der Waals surface area contributed by atoms with E-state index in [-0.39, 0.29) is 5.78 Å². The summed E-state index contributed by atoms with van der Waals surface area (Å²) >= 11 is 0. The number of carbonyl (C=O) groups excluding carboxylic acids is 1. The maximum absolute atomic E-state index is 12.4.